The van der Waals surface area contributed by atoms with Crippen LogP contribution in [0.1, 0.15) is 24.9 Å². The summed E-state index contributed by atoms with van der Waals surface area (Å²) >= 11 is 7.91. The molecule has 0 saturated heterocycles. The SMILES string of the molecule is C[C@@H]1C[C@@H](c2ccc(Cl)cc2)Nc2ccccc2S1. The maximum absolute atomic E-state index is 5.97. The maximum Gasteiger partial charge on any atom is 0.0524 e. The highest BCUT2D eigenvalue weighted by molar-refractivity contribution is 8.00. The molecule has 2 atom stereocenters. The fourth-order valence-corrected chi connectivity index (χ4v) is 3.71. The van der Waals surface area contributed by atoms with Gasteiger partial charge in [0.05, 0.1) is 6.04 Å². The average Bonchev–Trinajstić information content (AvgIpc) is 2.57. The molecule has 1 nitrogen and oxygen atoms in total. The minimum Gasteiger partial charge on any atom is -0.377 e. The normalized spacial score (nSPS) is 22.2. The Morgan fingerprint density at radius 3 is 2.63 bits per heavy atom. The van der Waals surface area contributed by atoms with Crippen LogP contribution in [0.15, 0.2) is 53.4 Å². The zero-order valence-electron chi connectivity index (χ0n) is 10.8. The number of para-hydroxylation sites is 1. The van der Waals surface area contributed by atoms with Crippen LogP contribution in [0.4, 0.5) is 5.69 Å². The van der Waals surface area contributed by atoms with Gasteiger partial charge in [-0.2, -0.15) is 0 Å². The topological polar surface area (TPSA) is 12.0 Å². The number of benzene rings is 2. The number of rotatable bonds is 1. The lowest BCUT2D eigenvalue weighted by Gasteiger charge is -2.19. The lowest BCUT2D eigenvalue weighted by molar-refractivity contribution is 0.694. The fraction of sp³-hybridized carbons (Fsp3) is 0.250. The summed E-state index contributed by atoms with van der Waals surface area (Å²) in [6.45, 7) is 2.29. The molecule has 0 bridgehead atoms. The summed E-state index contributed by atoms with van der Waals surface area (Å²) in [6.07, 6.45) is 1.11. The van der Waals surface area contributed by atoms with Crippen LogP contribution in [0.3, 0.4) is 0 Å². The number of fused-ring (bicyclic) bond motifs is 1. The van der Waals surface area contributed by atoms with Gasteiger partial charge in [0.15, 0.2) is 0 Å². The summed E-state index contributed by atoms with van der Waals surface area (Å²) in [7, 11) is 0. The van der Waals surface area contributed by atoms with Gasteiger partial charge in [0, 0.05) is 20.9 Å². The van der Waals surface area contributed by atoms with Crippen molar-refractivity contribution < 1.29 is 0 Å². The van der Waals surface area contributed by atoms with Crippen LogP contribution in [0.5, 0.6) is 0 Å². The molecular weight excluding hydrogens is 274 g/mol. The van der Waals surface area contributed by atoms with E-state index in [0.29, 0.717) is 11.3 Å². The monoisotopic (exact) mass is 289 g/mol. The van der Waals surface area contributed by atoms with Gasteiger partial charge in [-0.25, -0.2) is 0 Å². The van der Waals surface area contributed by atoms with Crippen molar-refractivity contribution in [3.05, 3.63) is 59.1 Å². The van der Waals surface area contributed by atoms with Gasteiger partial charge in [0.25, 0.3) is 0 Å². The Kier molecular flexibility index (Phi) is 3.72. The van der Waals surface area contributed by atoms with Crippen molar-refractivity contribution in [1.82, 2.24) is 0 Å². The van der Waals surface area contributed by atoms with E-state index in [-0.39, 0.29) is 0 Å². The van der Waals surface area contributed by atoms with E-state index < -0.39 is 0 Å². The van der Waals surface area contributed by atoms with E-state index in [0.717, 1.165) is 11.4 Å². The molecule has 1 N–H and O–H groups in total. The maximum atomic E-state index is 5.97. The highest BCUT2D eigenvalue weighted by Gasteiger charge is 2.21. The molecule has 0 aromatic heterocycles. The Labute approximate surface area is 123 Å². The Bertz CT molecular complexity index is 567. The van der Waals surface area contributed by atoms with Gasteiger partial charge in [-0.3, -0.25) is 0 Å². The third-order valence-electron chi connectivity index (χ3n) is 3.38. The van der Waals surface area contributed by atoms with Gasteiger partial charge in [-0.1, -0.05) is 42.8 Å². The molecule has 0 amide bonds. The van der Waals surface area contributed by atoms with Crippen LogP contribution < -0.4 is 5.32 Å². The van der Waals surface area contributed by atoms with Gasteiger partial charge < -0.3 is 5.32 Å². The average molecular weight is 290 g/mol. The molecule has 98 valence electrons. The second kappa shape index (κ2) is 5.48. The highest BCUT2D eigenvalue weighted by Crippen LogP contribution is 2.40. The molecule has 1 aliphatic rings. The fourth-order valence-electron chi connectivity index (χ4n) is 2.45. The van der Waals surface area contributed by atoms with Gasteiger partial charge in [0.2, 0.25) is 0 Å². The smallest absolute Gasteiger partial charge is 0.0524 e. The Morgan fingerprint density at radius 1 is 1.11 bits per heavy atom. The van der Waals surface area contributed by atoms with Crippen LogP contribution in [0.2, 0.25) is 5.02 Å². The van der Waals surface area contributed by atoms with E-state index in [1.807, 2.05) is 23.9 Å². The summed E-state index contributed by atoms with van der Waals surface area (Å²) in [4.78, 5) is 1.34. The highest BCUT2D eigenvalue weighted by atomic mass is 35.5. The Morgan fingerprint density at radius 2 is 1.84 bits per heavy atom. The summed E-state index contributed by atoms with van der Waals surface area (Å²) in [5, 5.41) is 5.05. The van der Waals surface area contributed by atoms with E-state index in [9.17, 15) is 0 Å². The molecule has 1 heterocycles. The van der Waals surface area contributed by atoms with Gasteiger partial charge in [0.1, 0.15) is 0 Å². The lowest BCUT2D eigenvalue weighted by Crippen LogP contribution is -2.12. The summed E-state index contributed by atoms with van der Waals surface area (Å²) < 4.78 is 0. The minimum absolute atomic E-state index is 0.350. The molecule has 3 heteroatoms. The predicted octanol–water partition coefficient (Wildman–Crippen LogP) is 5.38. The predicted molar refractivity (Wildman–Crippen MR) is 84.2 cm³/mol. The van der Waals surface area contributed by atoms with Crippen molar-refractivity contribution in [1.29, 1.82) is 0 Å². The van der Waals surface area contributed by atoms with E-state index in [1.165, 1.54) is 16.1 Å². The molecule has 3 rings (SSSR count). The third-order valence-corrected chi connectivity index (χ3v) is 4.84. The second-order valence-corrected chi connectivity index (χ2v) is 6.83. The first-order valence-electron chi connectivity index (χ1n) is 6.50. The van der Waals surface area contributed by atoms with Crippen molar-refractivity contribution in [2.45, 2.75) is 29.5 Å². The van der Waals surface area contributed by atoms with Crippen molar-refractivity contribution >= 4 is 29.1 Å². The van der Waals surface area contributed by atoms with E-state index >= 15 is 0 Å². The summed E-state index contributed by atoms with van der Waals surface area (Å²) in [5.41, 5.74) is 2.53. The van der Waals surface area contributed by atoms with Crippen molar-refractivity contribution in [3.63, 3.8) is 0 Å². The van der Waals surface area contributed by atoms with E-state index in [2.05, 4.69) is 48.6 Å². The zero-order chi connectivity index (χ0) is 13.2. The van der Waals surface area contributed by atoms with E-state index in [1.54, 1.807) is 0 Å². The van der Waals surface area contributed by atoms with Gasteiger partial charge in [-0.15, -0.1) is 11.8 Å². The van der Waals surface area contributed by atoms with Crippen LogP contribution >= 0.6 is 23.4 Å². The lowest BCUT2D eigenvalue weighted by atomic mass is 10.0. The molecule has 2 aromatic carbocycles. The molecule has 0 radical (unpaired) electrons. The van der Waals surface area contributed by atoms with Gasteiger partial charge in [-0.05, 0) is 36.2 Å². The van der Waals surface area contributed by atoms with Crippen molar-refractivity contribution in [2.75, 3.05) is 5.32 Å². The van der Waals surface area contributed by atoms with Gasteiger partial charge >= 0.3 is 0 Å². The van der Waals surface area contributed by atoms with Crippen molar-refractivity contribution in [2.24, 2.45) is 0 Å². The molecule has 2 aromatic rings. The number of nitrogens with one attached hydrogen (secondary N) is 1. The molecule has 0 spiro atoms. The molecule has 1 aliphatic heterocycles. The Balaban J connectivity index is 1.93. The first-order chi connectivity index (χ1) is 9.22. The number of halogens is 1. The first-order valence-corrected chi connectivity index (χ1v) is 7.76. The third kappa shape index (κ3) is 2.90. The zero-order valence-corrected chi connectivity index (χ0v) is 12.3. The number of hydrogen-bond acceptors (Lipinski definition) is 2. The molecule has 0 unspecified atom stereocenters. The number of anilines is 1. The summed E-state index contributed by atoms with van der Waals surface area (Å²) in [6, 6.07) is 17.0. The molecule has 0 aliphatic carbocycles. The minimum atomic E-state index is 0.350. The second-order valence-electron chi connectivity index (χ2n) is 4.91. The number of thioether (sulfide) groups is 1. The molecule has 0 saturated carbocycles. The quantitative estimate of drug-likeness (QED) is 0.756. The van der Waals surface area contributed by atoms with Crippen LogP contribution in [-0.2, 0) is 0 Å². The van der Waals surface area contributed by atoms with Crippen LogP contribution in [-0.4, -0.2) is 5.25 Å². The first kappa shape index (κ1) is 12.9. The van der Waals surface area contributed by atoms with E-state index in [4.69, 9.17) is 11.6 Å². The Hall–Kier alpha value is -1.12. The standard InChI is InChI=1S/C16H16ClNS/c1-11-10-15(12-6-8-13(17)9-7-12)18-14-4-2-3-5-16(14)19-11/h2-9,11,15,18H,10H2,1H3/t11-,15+/m1/s1. The van der Waals surface area contributed by atoms with Crippen LogP contribution in [0, 0.1) is 0 Å². The summed E-state index contributed by atoms with van der Waals surface area (Å²) in [5.74, 6) is 0. The number of hydrogen-bond donors (Lipinski definition) is 1. The largest absolute Gasteiger partial charge is 0.377 e. The van der Waals surface area contributed by atoms with Crippen molar-refractivity contribution in [3.8, 4) is 0 Å². The molecule has 19 heavy (non-hydrogen) atoms. The molecule has 0 fully saturated rings. The molecular formula is C16H16ClNS. The van der Waals surface area contributed by atoms with Crippen LogP contribution in [0.25, 0.3) is 0 Å².